The first-order chi connectivity index (χ1) is 10.0. The van der Waals surface area contributed by atoms with Crippen LogP contribution in [0.4, 0.5) is 5.69 Å². The van der Waals surface area contributed by atoms with Crippen LogP contribution in [0.2, 0.25) is 0 Å². The zero-order valence-electron chi connectivity index (χ0n) is 13.0. The van der Waals surface area contributed by atoms with E-state index in [4.69, 9.17) is 0 Å². The maximum absolute atomic E-state index is 12.3. The highest BCUT2D eigenvalue weighted by Gasteiger charge is 2.41. The Bertz CT molecular complexity index is 565. The van der Waals surface area contributed by atoms with Crippen molar-refractivity contribution in [3.8, 4) is 0 Å². The van der Waals surface area contributed by atoms with Crippen molar-refractivity contribution in [1.29, 1.82) is 0 Å². The first kappa shape index (κ1) is 16.3. The van der Waals surface area contributed by atoms with E-state index in [9.17, 15) is 8.42 Å². The fourth-order valence-electron chi connectivity index (χ4n) is 2.67. The highest BCUT2D eigenvalue weighted by molar-refractivity contribution is 7.89. The summed E-state index contributed by atoms with van der Waals surface area (Å²) in [6.07, 6.45) is 5.67. The average molecular weight is 310 g/mol. The standard InChI is InChI=1S/C16H26N2O2S/c1-3-9-16(10-11-16)13-17-14-7-5-6-8-15(14)21(19,20)18-12-4-2/h5-8,17-18H,3-4,9-13H2,1-2H3. The Morgan fingerprint density at radius 2 is 1.86 bits per heavy atom. The van der Waals surface area contributed by atoms with Crippen LogP contribution >= 0.6 is 0 Å². The number of hydrogen-bond donors (Lipinski definition) is 2. The fourth-order valence-corrected chi connectivity index (χ4v) is 3.98. The zero-order chi connectivity index (χ0) is 15.3. The molecule has 1 saturated carbocycles. The van der Waals surface area contributed by atoms with Gasteiger partial charge >= 0.3 is 0 Å². The van der Waals surface area contributed by atoms with Crippen LogP contribution in [0.5, 0.6) is 0 Å². The third-order valence-corrected chi connectivity index (χ3v) is 5.63. The van der Waals surface area contributed by atoms with E-state index < -0.39 is 10.0 Å². The van der Waals surface area contributed by atoms with E-state index in [1.54, 1.807) is 12.1 Å². The molecule has 0 amide bonds. The van der Waals surface area contributed by atoms with Crippen LogP contribution < -0.4 is 10.0 Å². The van der Waals surface area contributed by atoms with E-state index in [1.165, 1.54) is 25.7 Å². The molecule has 1 aromatic rings. The number of benzene rings is 1. The lowest BCUT2D eigenvalue weighted by Gasteiger charge is -2.18. The number of nitrogens with one attached hydrogen (secondary N) is 2. The molecule has 2 rings (SSSR count). The van der Waals surface area contributed by atoms with E-state index in [0.717, 1.165) is 13.0 Å². The molecule has 21 heavy (non-hydrogen) atoms. The normalized spacial score (nSPS) is 16.7. The Hall–Kier alpha value is -1.07. The largest absolute Gasteiger partial charge is 0.383 e. The molecule has 2 N–H and O–H groups in total. The number of sulfonamides is 1. The molecule has 1 aliphatic carbocycles. The summed E-state index contributed by atoms with van der Waals surface area (Å²) in [6.45, 7) is 5.49. The molecule has 5 heteroatoms. The number of hydrogen-bond acceptors (Lipinski definition) is 3. The quantitative estimate of drug-likeness (QED) is 0.735. The van der Waals surface area contributed by atoms with Crippen molar-refractivity contribution < 1.29 is 8.42 Å². The molecule has 0 aromatic heterocycles. The van der Waals surface area contributed by atoms with Crippen LogP contribution in [0.1, 0.15) is 46.0 Å². The van der Waals surface area contributed by atoms with E-state index in [0.29, 0.717) is 22.5 Å². The molecule has 0 radical (unpaired) electrons. The Morgan fingerprint density at radius 1 is 1.14 bits per heavy atom. The van der Waals surface area contributed by atoms with E-state index in [2.05, 4.69) is 17.0 Å². The fraction of sp³-hybridized carbons (Fsp3) is 0.625. The predicted molar refractivity (Wildman–Crippen MR) is 87.0 cm³/mol. The zero-order valence-corrected chi connectivity index (χ0v) is 13.8. The molecule has 0 spiro atoms. The Kier molecular flexibility index (Phi) is 5.27. The number of rotatable bonds is 9. The maximum atomic E-state index is 12.3. The second-order valence-corrected chi connectivity index (χ2v) is 7.73. The van der Waals surface area contributed by atoms with Crippen LogP contribution in [-0.2, 0) is 10.0 Å². The van der Waals surface area contributed by atoms with Gasteiger partial charge in [0.2, 0.25) is 10.0 Å². The van der Waals surface area contributed by atoms with Gasteiger partial charge in [0.05, 0.1) is 5.69 Å². The summed E-state index contributed by atoms with van der Waals surface area (Å²) in [6, 6.07) is 7.16. The minimum Gasteiger partial charge on any atom is -0.383 e. The summed E-state index contributed by atoms with van der Waals surface area (Å²) in [5, 5.41) is 3.36. The molecule has 0 atom stereocenters. The molecule has 1 aromatic carbocycles. The van der Waals surface area contributed by atoms with Gasteiger partial charge in [-0.1, -0.05) is 32.4 Å². The first-order valence-electron chi connectivity index (χ1n) is 7.85. The van der Waals surface area contributed by atoms with Gasteiger partial charge in [0.25, 0.3) is 0 Å². The highest BCUT2D eigenvalue weighted by Crippen LogP contribution is 2.49. The van der Waals surface area contributed by atoms with Gasteiger partial charge in [-0.3, -0.25) is 0 Å². The Labute approximate surface area is 128 Å². The number of para-hydroxylation sites is 1. The van der Waals surface area contributed by atoms with Crippen molar-refractivity contribution >= 4 is 15.7 Å². The van der Waals surface area contributed by atoms with Crippen LogP contribution in [0.3, 0.4) is 0 Å². The SMILES string of the molecule is CCCNS(=O)(=O)c1ccccc1NCC1(CCC)CC1. The van der Waals surface area contributed by atoms with Gasteiger partial charge < -0.3 is 5.32 Å². The Balaban J connectivity index is 2.10. The number of anilines is 1. The van der Waals surface area contributed by atoms with Gasteiger partial charge in [0.15, 0.2) is 0 Å². The first-order valence-corrected chi connectivity index (χ1v) is 9.34. The molecule has 4 nitrogen and oxygen atoms in total. The third kappa shape index (κ3) is 4.20. The molecular weight excluding hydrogens is 284 g/mol. The molecule has 0 heterocycles. The minimum atomic E-state index is -3.43. The van der Waals surface area contributed by atoms with E-state index in [-0.39, 0.29) is 0 Å². The van der Waals surface area contributed by atoms with Gasteiger partial charge in [0, 0.05) is 13.1 Å². The molecular formula is C16H26N2O2S. The van der Waals surface area contributed by atoms with Crippen molar-refractivity contribution in [3.63, 3.8) is 0 Å². The van der Waals surface area contributed by atoms with Gasteiger partial charge in [-0.15, -0.1) is 0 Å². The van der Waals surface area contributed by atoms with Gasteiger partial charge in [0.1, 0.15) is 4.90 Å². The molecule has 0 saturated heterocycles. The summed E-state index contributed by atoms with van der Waals surface area (Å²) < 4.78 is 27.3. The van der Waals surface area contributed by atoms with Gasteiger partial charge in [-0.05, 0) is 43.2 Å². The van der Waals surface area contributed by atoms with Gasteiger partial charge in [-0.25, -0.2) is 13.1 Å². The van der Waals surface area contributed by atoms with E-state index >= 15 is 0 Å². The molecule has 0 unspecified atom stereocenters. The minimum absolute atomic E-state index is 0.353. The van der Waals surface area contributed by atoms with Crippen LogP contribution in [-0.4, -0.2) is 21.5 Å². The summed E-state index contributed by atoms with van der Waals surface area (Å²) in [5.74, 6) is 0. The molecule has 1 fully saturated rings. The van der Waals surface area contributed by atoms with Crippen LogP contribution in [0.15, 0.2) is 29.2 Å². The second kappa shape index (κ2) is 6.79. The van der Waals surface area contributed by atoms with Crippen molar-refractivity contribution in [1.82, 2.24) is 4.72 Å². The topological polar surface area (TPSA) is 58.2 Å². The maximum Gasteiger partial charge on any atom is 0.242 e. The van der Waals surface area contributed by atoms with Crippen molar-refractivity contribution in [2.45, 2.75) is 50.8 Å². The summed E-state index contributed by atoms with van der Waals surface area (Å²) in [5.41, 5.74) is 1.10. The lowest BCUT2D eigenvalue weighted by Crippen LogP contribution is -2.26. The predicted octanol–water partition coefficient (Wildman–Crippen LogP) is 3.37. The van der Waals surface area contributed by atoms with Crippen molar-refractivity contribution in [2.24, 2.45) is 5.41 Å². The third-order valence-electron chi connectivity index (χ3n) is 4.11. The lowest BCUT2D eigenvalue weighted by molar-refractivity contribution is 0.485. The molecule has 0 bridgehead atoms. The molecule has 118 valence electrons. The highest BCUT2D eigenvalue weighted by atomic mass is 32.2. The molecule has 1 aliphatic rings. The second-order valence-electron chi connectivity index (χ2n) is 6.00. The molecule has 0 aliphatic heterocycles. The monoisotopic (exact) mass is 310 g/mol. The van der Waals surface area contributed by atoms with Crippen LogP contribution in [0.25, 0.3) is 0 Å². The summed E-state index contributed by atoms with van der Waals surface area (Å²) in [7, 11) is -3.43. The smallest absolute Gasteiger partial charge is 0.242 e. The van der Waals surface area contributed by atoms with Crippen molar-refractivity contribution in [2.75, 3.05) is 18.4 Å². The lowest BCUT2D eigenvalue weighted by atomic mass is 10.0. The average Bonchev–Trinajstić information content (AvgIpc) is 3.24. The van der Waals surface area contributed by atoms with Crippen molar-refractivity contribution in [3.05, 3.63) is 24.3 Å². The van der Waals surface area contributed by atoms with Crippen LogP contribution in [0, 0.1) is 5.41 Å². The summed E-state index contributed by atoms with van der Waals surface area (Å²) >= 11 is 0. The van der Waals surface area contributed by atoms with E-state index in [1.807, 2.05) is 19.1 Å². The Morgan fingerprint density at radius 3 is 2.48 bits per heavy atom. The summed E-state index contributed by atoms with van der Waals surface area (Å²) in [4.78, 5) is 0.353. The van der Waals surface area contributed by atoms with Gasteiger partial charge in [-0.2, -0.15) is 0 Å².